The van der Waals surface area contributed by atoms with E-state index in [0.29, 0.717) is 15.8 Å². The molecule has 0 aliphatic carbocycles. The molecular weight excluding hydrogens is 758 g/mol. The van der Waals surface area contributed by atoms with Crippen molar-refractivity contribution in [1.82, 2.24) is 0 Å². The predicted octanol–water partition coefficient (Wildman–Crippen LogP) is 12.0. The lowest BCUT2D eigenvalue weighted by atomic mass is 10.2. The topological polar surface area (TPSA) is 47.9 Å². The Labute approximate surface area is 281 Å². The van der Waals surface area contributed by atoms with Gasteiger partial charge in [-0.25, -0.2) is 0 Å². The zero-order valence-corrected chi connectivity index (χ0v) is 33.4. The van der Waals surface area contributed by atoms with E-state index in [0.717, 1.165) is 45.9 Å². The van der Waals surface area contributed by atoms with Crippen LogP contribution < -0.4 is 4.74 Å². The van der Waals surface area contributed by atoms with Crippen LogP contribution in [0.25, 0.3) is 0 Å². The van der Waals surface area contributed by atoms with Gasteiger partial charge >= 0.3 is 0 Å². The van der Waals surface area contributed by atoms with Crippen molar-refractivity contribution in [3.05, 3.63) is 54.4 Å². The van der Waals surface area contributed by atoms with Crippen LogP contribution in [-0.2, 0) is 9.47 Å². The molecule has 0 radical (unpaired) electrons. The van der Waals surface area contributed by atoms with Gasteiger partial charge in [-0.3, -0.25) is 0 Å². The maximum Gasteiger partial charge on any atom is 0.189 e. The van der Waals surface area contributed by atoms with E-state index >= 15 is 0 Å². The van der Waals surface area contributed by atoms with Crippen molar-refractivity contribution in [2.24, 2.45) is 0 Å². The number of benzene rings is 2. The van der Waals surface area contributed by atoms with Gasteiger partial charge in [-0.2, -0.15) is 0 Å². The fraction of sp³-hybridized carbons (Fsp3) is 0.571. The Morgan fingerprint density at radius 1 is 0.750 bits per heavy atom. The first kappa shape index (κ1) is 42.6. The Morgan fingerprint density at radius 3 is 1.60 bits per heavy atom. The number of aromatic hydroxyl groups is 1. The molecule has 0 fully saturated rings. The van der Waals surface area contributed by atoms with Gasteiger partial charge in [0.1, 0.15) is 11.5 Å². The molecule has 2 rings (SSSR count). The molecule has 0 unspecified atom stereocenters. The average Bonchev–Trinajstić information content (AvgIpc) is 2.81. The fourth-order valence-corrected chi connectivity index (χ4v) is 5.29. The summed E-state index contributed by atoms with van der Waals surface area (Å²) in [6, 6.07) is 9.48. The van der Waals surface area contributed by atoms with Crippen molar-refractivity contribution in [3.8, 4) is 11.5 Å². The van der Waals surface area contributed by atoms with E-state index in [1.54, 1.807) is 12.1 Å². The molecule has 0 saturated carbocycles. The van der Waals surface area contributed by atoms with Crippen molar-refractivity contribution < 1.29 is 19.3 Å². The van der Waals surface area contributed by atoms with Crippen molar-refractivity contribution in [3.63, 3.8) is 0 Å². The number of aryl methyl sites for hydroxylation is 2. The van der Waals surface area contributed by atoms with Crippen LogP contribution in [0.5, 0.6) is 11.5 Å². The van der Waals surface area contributed by atoms with Crippen LogP contribution in [-0.4, -0.2) is 53.2 Å². The van der Waals surface area contributed by atoms with Gasteiger partial charge in [0.2, 0.25) is 0 Å². The molecule has 0 heterocycles. The van der Waals surface area contributed by atoms with E-state index in [1.165, 1.54) is 6.04 Å². The van der Waals surface area contributed by atoms with E-state index < -0.39 is 16.1 Å². The molecule has 0 aliphatic rings. The van der Waals surface area contributed by atoms with Crippen LogP contribution in [0.3, 0.4) is 0 Å². The van der Waals surface area contributed by atoms with Gasteiger partial charge in [-0.05, 0) is 68.3 Å². The normalized spacial score (nSPS) is 10.9. The minimum atomic E-state index is -1.03. The molecule has 0 bridgehead atoms. The van der Waals surface area contributed by atoms with Gasteiger partial charge in [0.15, 0.2) is 6.79 Å². The number of alkyl halides is 2. The Kier molecular flexibility index (Phi) is 24.5. The van der Waals surface area contributed by atoms with Crippen LogP contribution in [0.1, 0.15) is 18.1 Å². The highest BCUT2D eigenvalue weighted by Gasteiger charge is 2.12. The third kappa shape index (κ3) is 24.0. The lowest BCUT2D eigenvalue weighted by Gasteiger charge is -2.16. The number of ether oxygens (including phenoxy) is 3. The molecule has 4 nitrogen and oxygen atoms in total. The van der Waals surface area contributed by atoms with Gasteiger partial charge in [-0.1, -0.05) is 94.3 Å². The van der Waals surface area contributed by atoms with E-state index in [2.05, 4.69) is 71.1 Å². The van der Waals surface area contributed by atoms with Gasteiger partial charge in [0, 0.05) is 44.9 Å². The third-order valence-electron chi connectivity index (χ3n) is 4.94. The van der Waals surface area contributed by atoms with Crippen molar-refractivity contribution >= 4 is 94.4 Å². The van der Waals surface area contributed by atoms with Gasteiger partial charge in [0.05, 0.1) is 15.4 Å². The molecule has 0 saturated heterocycles. The van der Waals surface area contributed by atoms with E-state index in [1.807, 2.05) is 32.9 Å². The number of rotatable bonds is 10. The first-order valence-corrected chi connectivity index (χ1v) is 23.7. The highest BCUT2D eigenvalue weighted by Crippen LogP contribution is 2.31. The molecule has 232 valence electrons. The molecule has 40 heavy (non-hydrogen) atoms. The molecule has 0 aliphatic heterocycles. The SMILES string of the molecule is CCOCC[Si](C)(C)C.Cc1cc(O)c(Cl)cc1Br.Cc1cc(OCOCC[Si](C)(C)C)c(Cl)cc1Br.ClCCl. The lowest BCUT2D eigenvalue weighted by molar-refractivity contribution is 0.0221. The molecule has 1 N–H and O–H groups in total. The Bertz CT molecular complexity index is 923. The molecule has 0 amide bonds. The van der Waals surface area contributed by atoms with Crippen LogP contribution in [0, 0.1) is 13.8 Å². The Morgan fingerprint density at radius 2 is 1.18 bits per heavy atom. The summed E-state index contributed by atoms with van der Waals surface area (Å²) in [5.74, 6) is 0.799. The molecule has 0 aromatic heterocycles. The first-order valence-electron chi connectivity index (χ1n) is 12.9. The summed E-state index contributed by atoms with van der Waals surface area (Å²) in [5.41, 5.74) is 2.07. The zero-order valence-electron chi connectivity index (χ0n) is 25.2. The van der Waals surface area contributed by atoms with Crippen LogP contribution in [0.2, 0.25) is 61.4 Å². The van der Waals surface area contributed by atoms with E-state index in [9.17, 15) is 0 Å². The number of halogens is 6. The molecule has 0 atom stereocenters. The van der Waals surface area contributed by atoms with Crippen molar-refractivity contribution in [2.75, 3.05) is 32.0 Å². The number of phenols is 1. The lowest BCUT2D eigenvalue weighted by Crippen LogP contribution is -2.22. The van der Waals surface area contributed by atoms with Crippen molar-refractivity contribution in [1.29, 1.82) is 0 Å². The maximum absolute atomic E-state index is 9.07. The van der Waals surface area contributed by atoms with Crippen LogP contribution >= 0.6 is 78.3 Å². The summed E-state index contributed by atoms with van der Waals surface area (Å²) in [6.45, 7) is 22.9. The van der Waals surface area contributed by atoms with Crippen LogP contribution in [0.4, 0.5) is 0 Å². The molecule has 2 aromatic carbocycles. The summed E-state index contributed by atoms with van der Waals surface area (Å²) < 4.78 is 18.2. The molecular formula is C28H46Br2Cl4O4Si2. The number of phenolic OH excluding ortho intramolecular Hbond substituents is 1. The minimum Gasteiger partial charge on any atom is -0.506 e. The van der Waals surface area contributed by atoms with Crippen LogP contribution in [0.15, 0.2) is 33.2 Å². The second-order valence-corrected chi connectivity index (χ2v) is 25.7. The smallest absolute Gasteiger partial charge is 0.189 e. The third-order valence-corrected chi connectivity index (χ3v) is 10.7. The van der Waals surface area contributed by atoms with E-state index in [-0.39, 0.29) is 17.9 Å². The summed E-state index contributed by atoms with van der Waals surface area (Å²) in [5, 5.41) is 10.2. The molecule has 2 aromatic rings. The second kappa shape index (κ2) is 23.0. The number of hydrogen-bond acceptors (Lipinski definition) is 4. The van der Waals surface area contributed by atoms with Gasteiger partial charge < -0.3 is 19.3 Å². The summed E-state index contributed by atoms with van der Waals surface area (Å²) in [4.78, 5) is 0. The average molecular weight is 804 g/mol. The monoisotopic (exact) mass is 800 g/mol. The minimum absolute atomic E-state index is 0.127. The quantitative estimate of drug-likeness (QED) is 0.112. The Balaban J connectivity index is 0. The second-order valence-electron chi connectivity index (χ2n) is 11.2. The zero-order chi connectivity index (χ0) is 31.5. The van der Waals surface area contributed by atoms with E-state index in [4.69, 9.17) is 65.7 Å². The van der Waals surface area contributed by atoms with Crippen molar-refractivity contribution in [2.45, 2.75) is 72.1 Å². The molecule has 12 heteroatoms. The highest BCUT2D eigenvalue weighted by molar-refractivity contribution is 9.10. The summed E-state index contributed by atoms with van der Waals surface area (Å²) in [7, 11) is -1.85. The Hall–Kier alpha value is 0.514. The summed E-state index contributed by atoms with van der Waals surface area (Å²) >= 11 is 27.9. The van der Waals surface area contributed by atoms with Gasteiger partial charge in [0.25, 0.3) is 0 Å². The maximum atomic E-state index is 9.07. The highest BCUT2D eigenvalue weighted by atomic mass is 79.9. The summed E-state index contributed by atoms with van der Waals surface area (Å²) in [6.07, 6.45) is 0. The largest absolute Gasteiger partial charge is 0.506 e. The fourth-order valence-electron chi connectivity index (χ4n) is 2.45. The number of hydrogen-bond donors (Lipinski definition) is 1. The van der Waals surface area contributed by atoms with Gasteiger partial charge in [-0.15, -0.1) is 23.2 Å². The first-order chi connectivity index (χ1) is 18.4. The molecule has 0 spiro atoms. The standard InChI is InChI=1S/C13H20BrClO2Si.C7H6BrClO.C7H18OSi.CH2Cl2/c1-10-7-13(12(15)8-11(10)14)17-9-16-5-6-18(2,3)4;1-4-2-7(10)6(9)3-5(4)8;1-5-8-6-7-9(2,3)4;2-1-3/h7-8H,5-6,9H2,1-4H3;2-3,10H,1H3;5-7H2,1-4H3;1H2. The predicted molar refractivity (Wildman–Crippen MR) is 190 cm³/mol.